The van der Waals surface area contributed by atoms with Crippen LogP contribution < -0.4 is 0 Å². The van der Waals surface area contributed by atoms with Gasteiger partial charge in [0.15, 0.2) is 0 Å². The summed E-state index contributed by atoms with van der Waals surface area (Å²) in [5.74, 6) is 0.554. The number of hydrogen-bond donors (Lipinski definition) is 1. The molecule has 0 aliphatic rings. The summed E-state index contributed by atoms with van der Waals surface area (Å²) in [6.07, 6.45) is 0. The topological polar surface area (TPSA) is 27.1 Å². The van der Waals surface area contributed by atoms with E-state index in [1.54, 1.807) is 0 Å². The highest BCUT2D eigenvalue weighted by atomic mass is 15.2. The van der Waals surface area contributed by atoms with Crippen molar-refractivity contribution in [3.8, 4) is 0 Å². The van der Waals surface area contributed by atoms with Gasteiger partial charge in [0.1, 0.15) is 5.84 Å². The molecule has 114 valence electrons. The third-order valence-electron chi connectivity index (χ3n) is 3.80. The Hall–Kier alpha value is -2.87. The summed E-state index contributed by atoms with van der Waals surface area (Å²) in [6, 6.07) is 30.6. The van der Waals surface area contributed by atoms with E-state index in [2.05, 4.69) is 29.2 Å². The number of benzene rings is 3. The summed E-state index contributed by atoms with van der Waals surface area (Å²) in [5.41, 5.74) is 3.37. The fraction of sp³-hybridized carbons (Fsp3) is 0.0952. The fourth-order valence-corrected chi connectivity index (χ4v) is 2.60. The minimum Gasteiger partial charge on any atom is -0.348 e. The molecule has 3 rings (SSSR count). The van der Waals surface area contributed by atoms with Crippen LogP contribution in [0.2, 0.25) is 0 Å². The minimum absolute atomic E-state index is 0.554. The van der Waals surface area contributed by atoms with E-state index >= 15 is 0 Å². The molecule has 0 saturated heterocycles. The van der Waals surface area contributed by atoms with E-state index in [9.17, 15) is 0 Å². The van der Waals surface area contributed by atoms with Gasteiger partial charge in [-0.15, -0.1) is 0 Å². The first kappa shape index (κ1) is 15.0. The van der Waals surface area contributed by atoms with Crippen LogP contribution in [0.4, 0.5) is 0 Å². The lowest BCUT2D eigenvalue weighted by Gasteiger charge is -2.26. The van der Waals surface area contributed by atoms with Crippen LogP contribution in [0.3, 0.4) is 0 Å². The van der Waals surface area contributed by atoms with E-state index in [1.807, 2.05) is 66.7 Å². The molecule has 0 atom stereocenters. The van der Waals surface area contributed by atoms with Gasteiger partial charge in [-0.3, -0.25) is 5.41 Å². The van der Waals surface area contributed by atoms with Gasteiger partial charge in [-0.1, -0.05) is 91.0 Å². The number of rotatable bonds is 5. The Labute approximate surface area is 137 Å². The quantitative estimate of drug-likeness (QED) is 0.536. The molecule has 0 radical (unpaired) electrons. The van der Waals surface area contributed by atoms with Crippen LogP contribution in [0.25, 0.3) is 0 Å². The van der Waals surface area contributed by atoms with Gasteiger partial charge in [0.05, 0.1) is 0 Å². The average Bonchev–Trinajstić information content (AvgIpc) is 2.63. The van der Waals surface area contributed by atoms with Crippen LogP contribution in [-0.4, -0.2) is 10.7 Å². The average molecular weight is 300 g/mol. The van der Waals surface area contributed by atoms with Crippen molar-refractivity contribution in [1.82, 2.24) is 4.90 Å². The maximum absolute atomic E-state index is 8.61. The summed E-state index contributed by atoms with van der Waals surface area (Å²) in [7, 11) is 0. The second kappa shape index (κ2) is 7.41. The predicted molar refractivity (Wildman–Crippen MR) is 95.4 cm³/mol. The Morgan fingerprint density at radius 1 is 0.609 bits per heavy atom. The third kappa shape index (κ3) is 4.07. The Morgan fingerprint density at radius 2 is 1.00 bits per heavy atom. The van der Waals surface area contributed by atoms with Gasteiger partial charge in [-0.05, 0) is 11.1 Å². The summed E-state index contributed by atoms with van der Waals surface area (Å²) in [4.78, 5) is 2.11. The molecule has 0 aliphatic heterocycles. The van der Waals surface area contributed by atoms with E-state index in [0.717, 1.165) is 18.7 Å². The first-order chi connectivity index (χ1) is 11.3. The molecular weight excluding hydrogens is 280 g/mol. The van der Waals surface area contributed by atoms with Crippen LogP contribution in [-0.2, 0) is 13.1 Å². The van der Waals surface area contributed by atoms with Crippen molar-refractivity contribution >= 4 is 5.84 Å². The molecular formula is C21H20N2. The highest BCUT2D eigenvalue weighted by Gasteiger charge is 2.13. The predicted octanol–water partition coefficient (Wildman–Crippen LogP) is 4.71. The molecule has 2 nitrogen and oxygen atoms in total. The van der Waals surface area contributed by atoms with Crippen molar-refractivity contribution in [3.05, 3.63) is 108 Å². The van der Waals surface area contributed by atoms with E-state index in [-0.39, 0.29) is 0 Å². The maximum Gasteiger partial charge on any atom is 0.128 e. The third-order valence-corrected chi connectivity index (χ3v) is 3.80. The number of nitrogens with zero attached hydrogens (tertiary/aromatic N) is 1. The molecule has 0 fully saturated rings. The zero-order valence-corrected chi connectivity index (χ0v) is 13.0. The van der Waals surface area contributed by atoms with Crippen LogP contribution >= 0.6 is 0 Å². The van der Waals surface area contributed by atoms with E-state index in [4.69, 9.17) is 5.41 Å². The Bertz CT molecular complexity index is 695. The van der Waals surface area contributed by atoms with E-state index in [0.29, 0.717) is 5.84 Å². The molecule has 0 bridgehead atoms. The highest BCUT2D eigenvalue weighted by Crippen LogP contribution is 2.14. The molecule has 0 aliphatic carbocycles. The summed E-state index contributed by atoms with van der Waals surface area (Å²) in [6.45, 7) is 1.45. The van der Waals surface area contributed by atoms with Crippen LogP contribution in [0.1, 0.15) is 16.7 Å². The lowest BCUT2D eigenvalue weighted by atomic mass is 10.1. The largest absolute Gasteiger partial charge is 0.348 e. The van der Waals surface area contributed by atoms with Crippen molar-refractivity contribution < 1.29 is 0 Å². The molecule has 23 heavy (non-hydrogen) atoms. The van der Waals surface area contributed by atoms with Crippen molar-refractivity contribution in [1.29, 1.82) is 5.41 Å². The van der Waals surface area contributed by atoms with Gasteiger partial charge in [0, 0.05) is 18.7 Å². The van der Waals surface area contributed by atoms with Crippen LogP contribution in [0, 0.1) is 5.41 Å². The van der Waals surface area contributed by atoms with Crippen molar-refractivity contribution in [3.63, 3.8) is 0 Å². The Morgan fingerprint density at radius 3 is 1.43 bits per heavy atom. The molecule has 0 heterocycles. The SMILES string of the molecule is N=C(c1ccccc1)N(Cc1ccccc1)Cc1ccccc1. The van der Waals surface area contributed by atoms with E-state index < -0.39 is 0 Å². The van der Waals surface area contributed by atoms with Crippen molar-refractivity contribution in [2.75, 3.05) is 0 Å². The molecule has 0 amide bonds. The molecule has 3 aromatic carbocycles. The first-order valence-electron chi connectivity index (χ1n) is 7.80. The van der Waals surface area contributed by atoms with E-state index in [1.165, 1.54) is 11.1 Å². The summed E-state index contributed by atoms with van der Waals surface area (Å²) < 4.78 is 0. The van der Waals surface area contributed by atoms with Gasteiger partial charge in [0.25, 0.3) is 0 Å². The number of amidine groups is 1. The highest BCUT2D eigenvalue weighted by molar-refractivity contribution is 5.96. The number of hydrogen-bond acceptors (Lipinski definition) is 1. The molecule has 3 aromatic rings. The van der Waals surface area contributed by atoms with Gasteiger partial charge < -0.3 is 4.90 Å². The molecule has 0 aromatic heterocycles. The first-order valence-corrected chi connectivity index (χ1v) is 7.80. The molecule has 0 spiro atoms. The smallest absolute Gasteiger partial charge is 0.128 e. The van der Waals surface area contributed by atoms with Gasteiger partial charge in [0.2, 0.25) is 0 Å². The van der Waals surface area contributed by atoms with Crippen molar-refractivity contribution in [2.24, 2.45) is 0 Å². The lowest BCUT2D eigenvalue weighted by Crippen LogP contribution is -2.30. The van der Waals surface area contributed by atoms with Crippen LogP contribution in [0.15, 0.2) is 91.0 Å². The standard InChI is InChI=1S/C21H20N2/c22-21(20-14-8-3-9-15-20)23(16-18-10-4-1-5-11-18)17-19-12-6-2-7-13-19/h1-15,22H,16-17H2. The zero-order chi connectivity index (χ0) is 15.9. The zero-order valence-electron chi connectivity index (χ0n) is 13.0. The van der Waals surface area contributed by atoms with Crippen molar-refractivity contribution in [2.45, 2.75) is 13.1 Å². The maximum atomic E-state index is 8.61. The van der Waals surface area contributed by atoms with Gasteiger partial charge >= 0.3 is 0 Å². The fourth-order valence-electron chi connectivity index (χ4n) is 2.60. The molecule has 2 heteroatoms. The molecule has 1 N–H and O–H groups in total. The normalized spacial score (nSPS) is 10.3. The van der Waals surface area contributed by atoms with Gasteiger partial charge in [-0.2, -0.15) is 0 Å². The minimum atomic E-state index is 0.554. The second-order valence-corrected chi connectivity index (χ2v) is 5.54. The lowest BCUT2D eigenvalue weighted by molar-refractivity contribution is 0.404. The Kier molecular flexibility index (Phi) is 4.85. The van der Waals surface area contributed by atoms with Gasteiger partial charge in [-0.25, -0.2) is 0 Å². The summed E-state index contributed by atoms with van der Waals surface area (Å²) >= 11 is 0. The second-order valence-electron chi connectivity index (χ2n) is 5.54. The number of nitrogens with one attached hydrogen (secondary N) is 1. The van der Waals surface area contributed by atoms with Crippen LogP contribution in [0.5, 0.6) is 0 Å². The molecule has 0 unspecified atom stereocenters. The monoisotopic (exact) mass is 300 g/mol. The Balaban J connectivity index is 1.85. The summed E-state index contributed by atoms with van der Waals surface area (Å²) in [5, 5.41) is 8.61. The molecule has 0 saturated carbocycles.